The second-order valence-corrected chi connectivity index (χ2v) is 6.30. The van der Waals surface area contributed by atoms with Crippen LogP contribution < -0.4 is 5.56 Å². The molecule has 0 radical (unpaired) electrons. The van der Waals surface area contributed by atoms with Crippen molar-refractivity contribution in [3.63, 3.8) is 0 Å². The first-order chi connectivity index (χ1) is 11.3. The molecule has 5 nitrogen and oxygen atoms in total. The average molecular weight is 392 g/mol. The molecule has 0 spiro atoms. The maximum Gasteiger partial charge on any atom is 0.344 e. The van der Waals surface area contributed by atoms with Crippen LogP contribution in [0.3, 0.4) is 0 Å². The molecule has 0 unspecified atom stereocenters. The lowest BCUT2D eigenvalue weighted by Gasteiger charge is -2.13. The van der Waals surface area contributed by atoms with Crippen LogP contribution in [0.4, 0.5) is 0 Å². The van der Waals surface area contributed by atoms with E-state index in [1.54, 1.807) is 51.1 Å². The van der Waals surface area contributed by atoms with Crippen molar-refractivity contribution in [2.75, 3.05) is 6.61 Å². The predicted molar refractivity (Wildman–Crippen MR) is 94.6 cm³/mol. The van der Waals surface area contributed by atoms with Crippen molar-refractivity contribution in [2.45, 2.75) is 27.3 Å². The first-order valence-corrected chi connectivity index (χ1v) is 8.31. The van der Waals surface area contributed by atoms with Crippen LogP contribution in [-0.2, 0) is 11.3 Å². The van der Waals surface area contributed by atoms with Crippen molar-refractivity contribution in [2.24, 2.45) is 0 Å². The van der Waals surface area contributed by atoms with Gasteiger partial charge in [-0.1, -0.05) is 28.1 Å². The second-order valence-electron chi connectivity index (χ2n) is 5.39. The van der Waals surface area contributed by atoms with E-state index in [2.05, 4.69) is 15.9 Å². The number of halogens is 1. The topological polar surface area (TPSA) is 65.4 Å². The molecule has 1 aromatic heterocycles. The van der Waals surface area contributed by atoms with E-state index in [0.717, 1.165) is 4.47 Å². The SMILES string of the molecule is CCOC(=O)c1c(C)cc(C)n(CC(=O)c2ccc(Br)cc2)c1=O. The number of benzene rings is 1. The fraction of sp³-hybridized carbons (Fsp3) is 0.278. The number of Topliss-reactive ketones (excluding diaryl/α,β-unsaturated/α-hetero) is 1. The average Bonchev–Trinajstić information content (AvgIpc) is 2.52. The van der Waals surface area contributed by atoms with Gasteiger partial charge in [0.1, 0.15) is 5.56 Å². The van der Waals surface area contributed by atoms with E-state index < -0.39 is 11.5 Å². The third-order valence-corrected chi connectivity index (χ3v) is 4.18. The van der Waals surface area contributed by atoms with E-state index in [9.17, 15) is 14.4 Å². The molecule has 0 aliphatic heterocycles. The summed E-state index contributed by atoms with van der Waals surface area (Å²) in [5, 5.41) is 0. The van der Waals surface area contributed by atoms with Gasteiger partial charge in [-0.3, -0.25) is 9.59 Å². The molecule has 0 aliphatic carbocycles. The predicted octanol–water partition coefficient (Wildman–Crippen LogP) is 3.29. The Kier molecular flexibility index (Phi) is 5.72. The van der Waals surface area contributed by atoms with Crippen molar-refractivity contribution in [3.8, 4) is 0 Å². The van der Waals surface area contributed by atoms with Crippen molar-refractivity contribution in [1.29, 1.82) is 0 Å². The number of carbonyl (C=O) groups is 2. The standard InChI is InChI=1S/C18H18BrNO4/c1-4-24-18(23)16-11(2)9-12(3)20(17(16)22)10-15(21)13-5-7-14(19)8-6-13/h5-9H,4,10H2,1-3H3. The molecule has 0 atom stereocenters. The van der Waals surface area contributed by atoms with E-state index in [4.69, 9.17) is 4.74 Å². The molecule has 1 aromatic carbocycles. The summed E-state index contributed by atoms with van der Waals surface area (Å²) < 4.78 is 7.12. The summed E-state index contributed by atoms with van der Waals surface area (Å²) >= 11 is 3.31. The molecule has 0 saturated heterocycles. The lowest BCUT2D eigenvalue weighted by Crippen LogP contribution is -2.32. The molecule has 0 amide bonds. The fourth-order valence-corrected chi connectivity index (χ4v) is 2.71. The van der Waals surface area contributed by atoms with Gasteiger partial charge in [0.15, 0.2) is 5.78 Å². The molecular weight excluding hydrogens is 374 g/mol. The van der Waals surface area contributed by atoms with Crippen LogP contribution in [0.15, 0.2) is 39.6 Å². The molecule has 0 fully saturated rings. The summed E-state index contributed by atoms with van der Waals surface area (Å²) in [4.78, 5) is 37.1. The zero-order chi connectivity index (χ0) is 17.9. The smallest absolute Gasteiger partial charge is 0.344 e. The largest absolute Gasteiger partial charge is 0.462 e. The van der Waals surface area contributed by atoms with E-state index in [1.807, 2.05) is 0 Å². The van der Waals surface area contributed by atoms with Gasteiger partial charge in [0.05, 0.1) is 13.2 Å². The van der Waals surface area contributed by atoms with Crippen molar-refractivity contribution < 1.29 is 14.3 Å². The summed E-state index contributed by atoms with van der Waals surface area (Å²) in [6, 6.07) is 8.62. The van der Waals surface area contributed by atoms with Crippen LogP contribution in [0.25, 0.3) is 0 Å². The molecule has 2 aromatic rings. The molecule has 0 saturated carbocycles. The maximum absolute atomic E-state index is 12.7. The summed E-state index contributed by atoms with van der Waals surface area (Å²) in [5.41, 5.74) is 1.14. The Morgan fingerprint density at radius 3 is 2.38 bits per heavy atom. The Morgan fingerprint density at radius 1 is 1.17 bits per heavy atom. The number of hydrogen-bond donors (Lipinski definition) is 0. The van der Waals surface area contributed by atoms with Gasteiger partial charge in [0, 0.05) is 15.7 Å². The summed E-state index contributed by atoms with van der Waals surface area (Å²) in [6.07, 6.45) is 0. The number of ether oxygens (including phenoxy) is 1. The summed E-state index contributed by atoms with van der Waals surface area (Å²) in [5.74, 6) is -0.865. The number of carbonyl (C=O) groups excluding carboxylic acids is 2. The molecule has 126 valence electrons. The number of nitrogens with zero attached hydrogens (tertiary/aromatic N) is 1. The van der Waals surface area contributed by atoms with Crippen molar-refractivity contribution in [1.82, 2.24) is 4.57 Å². The number of aromatic nitrogens is 1. The van der Waals surface area contributed by atoms with Gasteiger partial charge in [-0.05, 0) is 44.5 Å². The van der Waals surface area contributed by atoms with Crippen LogP contribution in [0, 0.1) is 13.8 Å². The monoisotopic (exact) mass is 391 g/mol. The quantitative estimate of drug-likeness (QED) is 0.579. The van der Waals surface area contributed by atoms with Gasteiger partial charge in [0.2, 0.25) is 0 Å². The maximum atomic E-state index is 12.7. The minimum Gasteiger partial charge on any atom is -0.462 e. The zero-order valence-electron chi connectivity index (χ0n) is 13.8. The van der Waals surface area contributed by atoms with E-state index in [-0.39, 0.29) is 24.5 Å². The molecular formula is C18H18BrNO4. The van der Waals surface area contributed by atoms with E-state index >= 15 is 0 Å². The molecule has 6 heteroatoms. The number of esters is 1. The minimum atomic E-state index is -0.662. The molecule has 2 rings (SSSR count). The Bertz CT molecular complexity index is 837. The van der Waals surface area contributed by atoms with Crippen molar-refractivity contribution >= 4 is 27.7 Å². The lowest BCUT2D eigenvalue weighted by atomic mass is 10.1. The third kappa shape index (κ3) is 3.82. The third-order valence-electron chi connectivity index (χ3n) is 3.65. The van der Waals surface area contributed by atoms with Gasteiger partial charge >= 0.3 is 5.97 Å². The molecule has 0 aliphatic rings. The number of hydrogen-bond acceptors (Lipinski definition) is 4. The minimum absolute atomic E-state index is 0.0222. The highest BCUT2D eigenvalue weighted by Crippen LogP contribution is 2.13. The Hall–Kier alpha value is -2.21. The summed E-state index contributed by atoms with van der Waals surface area (Å²) in [6.45, 7) is 5.15. The first kappa shape index (κ1) is 18.1. The molecule has 0 N–H and O–H groups in total. The van der Waals surface area contributed by atoms with Crippen LogP contribution in [0.5, 0.6) is 0 Å². The number of ketones is 1. The molecule has 24 heavy (non-hydrogen) atoms. The van der Waals surface area contributed by atoms with Crippen LogP contribution in [0.1, 0.15) is 38.9 Å². The lowest BCUT2D eigenvalue weighted by molar-refractivity contribution is 0.0522. The van der Waals surface area contributed by atoms with E-state index in [0.29, 0.717) is 16.8 Å². The Morgan fingerprint density at radius 2 is 1.79 bits per heavy atom. The number of pyridine rings is 1. The fourth-order valence-electron chi connectivity index (χ4n) is 2.45. The highest BCUT2D eigenvalue weighted by Gasteiger charge is 2.20. The van der Waals surface area contributed by atoms with Crippen LogP contribution in [0.2, 0.25) is 0 Å². The van der Waals surface area contributed by atoms with Gasteiger partial charge in [-0.25, -0.2) is 4.79 Å². The Labute approximate surface area is 148 Å². The van der Waals surface area contributed by atoms with Gasteiger partial charge < -0.3 is 9.30 Å². The highest BCUT2D eigenvalue weighted by molar-refractivity contribution is 9.10. The molecule has 1 heterocycles. The van der Waals surface area contributed by atoms with Gasteiger partial charge in [-0.2, -0.15) is 0 Å². The number of aryl methyl sites for hydroxylation is 2. The van der Waals surface area contributed by atoms with Crippen molar-refractivity contribution in [3.05, 3.63) is 67.5 Å². The zero-order valence-corrected chi connectivity index (χ0v) is 15.3. The summed E-state index contributed by atoms with van der Waals surface area (Å²) in [7, 11) is 0. The van der Waals surface area contributed by atoms with Crippen LogP contribution >= 0.6 is 15.9 Å². The Balaban J connectivity index is 2.41. The number of rotatable bonds is 5. The van der Waals surface area contributed by atoms with Gasteiger partial charge in [-0.15, -0.1) is 0 Å². The van der Waals surface area contributed by atoms with E-state index in [1.165, 1.54) is 4.57 Å². The molecule has 0 bridgehead atoms. The first-order valence-electron chi connectivity index (χ1n) is 7.52. The highest BCUT2D eigenvalue weighted by atomic mass is 79.9. The second kappa shape index (κ2) is 7.57. The normalized spacial score (nSPS) is 10.5. The van der Waals surface area contributed by atoms with Gasteiger partial charge in [0.25, 0.3) is 5.56 Å². The van der Waals surface area contributed by atoms with Crippen LogP contribution in [-0.4, -0.2) is 22.9 Å².